The molecular formula is C18H24N2O. The number of benzene rings is 1. The molecule has 0 saturated carbocycles. The Labute approximate surface area is 126 Å². The van der Waals surface area contributed by atoms with Gasteiger partial charge in [0.05, 0.1) is 18.7 Å². The second-order valence-electron chi connectivity index (χ2n) is 6.64. The molecule has 1 aromatic heterocycles. The minimum Gasteiger partial charge on any atom is -0.390 e. The summed E-state index contributed by atoms with van der Waals surface area (Å²) in [5.41, 5.74) is 5.67. The fourth-order valence-electron chi connectivity index (χ4n) is 4.38. The zero-order valence-electron chi connectivity index (χ0n) is 13.0. The van der Waals surface area contributed by atoms with Crippen molar-refractivity contribution in [2.45, 2.75) is 51.8 Å². The lowest BCUT2D eigenvalue weighted by atomic mass is 9.90. The molecule has 2 atom stereocenters. The number of hydrogen-bond donors (Lipinski definition) is 1. The maximum absolute atomic E-state index is 10.4. The molecule has 112 valence electrons. The summed E-state index contributed by atoms with van der Waals surface area (Å²) in [7, 11) is 0. The predicted octanol–water partition coefficient (Wildman–Crippen LogP) is 3.02. The van der Waals surface area contributed by atoms with Gasteiger partial charge in [-0.15, -0.1) is 0 Å². The van der Waals surface area contributed by atoms with Crippen LogP contribution in [-0.4, -0.2) is 33.8 Å². The summed E-state index contributed by atoms with van der Waals surface area (Å²) >= 11 is 0. The number of nitrogens with zero attached hydrogens (tertiary/aromatic N) is 2. The van der Waals surface area contributed by atoms with Crippen molar-refractivity contribution in [1.29, 1.82) is 0 Å². The predicted molar refractivity (Wildman–Crippen MR) is 85.6 cm³/mol. The number of aliphatic hydroxyl groups excluding tert-OH is 1. The second kappa shape index (κ2) is 4.85. The first kappa shape index (κ1) is 13.4. The molecule has 1 N–H and O–H groups in total. The highest BCUT2D eigenvalue weighted by molar-refractivity contribution is 5.87. The third kappa shape index (κ3) is 1.95. The number of likely N-dealkylation sites (N-methyl/N-ethyl adjacent to an activating group) is 1. The first-order valence-electron chi connectivity index (χ1n) is 8.22. The molecule has 2 unspecified atom stereocenters. The molecule has 0 fully saturated rings. The highest BCUT2D eigenvalue weighted by atomic mass is 16.3. The van der Waals surface area contributed by atoms with Crippen LogP contribution in [-0.2, 0) is 13.0 Å². The van der Waals surface area contributed by atoms with Crippen LogP contribution in [0, 0.1) is 6.92 Å². The van der Waals surface area contributed by atoms with Crippen molar-refractivity contribution in [2.24, 2.45) is 0 Å². The van der Waals surface area contributed by atoms with Gasteiger partial charge in [0.25, 0.3) is 0 Å². The average Bonchev–Trinajstić information content (AvgIpc) is 2.69. The van der Waals surface area contributed by atoms with Crippen molar-refractivity contribution in [3.63, 3.8) is 0 Å². The van der Waals surface area contributed by atoms with Crippen molar-refractivity contribution < 1.29 is 5.11 Å². The molecule has 4 rings (SSSR count). The van der Waals surface area contributed by atoms with E-state index < -0.39 is 0 Å². The maximum atomic E-state index is 10.4. The zero-order valence-corrected chi connectivity index (χ0v) is 13.0. The van der Waals surface area contributed by atoms with Crippen LogP contribution in [0.15, 0.2) is 18.2 Å². The summed E-state index contributed by atoms with van der Waals surface area (Å²) in [6.07, 6.45) is 3.41. The Morgan fingerprint density at radius 1 is 1.29 bits per heavy atom. The monoisotopic (exact) mass is 284 g/mol. The van der Waals surface area contributed by atoms with Crippen LogP contribution in [0.5, 0.6) is 0 Å². The third-order valence-corrected chi connectivity index (χ3v) is 5.27. The van der Waals surface area contributed by atoms with E-state index in [4.69, 9.17) is 0 Å². The number of aliphatic hydroxyl groups is 1. The van der Waals surface area contributed by atoms with Crippen molar-refractivity contribution in [3.8, 4) is 0 Å². The van der Waals surface area contributed by atoms with Gasteiger partial charge in [0.2, 0.25) is 0 Å². The molecule has 1 aliphatic heterocycles. The van der Waals surface area contributed by atoms with Gasteiger partial charge in [-0.1, -0.05) is 18.6 Å². The molecule has 2 heterocycles. The second-order valence-corrected chi connectivity index (χ2v) is 6.64. The van der Waals surface area contributed by atoms with Crippen LogP contribution < -0.4 is 0 Å². The van der Waals surface area contributed by atoms with Gasteiger partial charge in [0.15, 0.2) is 0 Å². The molecule has 0 spiro atoms. The Kier molecular flexibility index (Phi) is 3.09. The fraction of sp³-hybridized carbons (Fsp3) is 0.556. The summed E-state index contributed by atoms with van der Waals surface area (Å²) in [6, 6.07) is 7.26. The van der Waals surface area contributed by atoms with Gasteiger partial charge in [0.1, 0.15) is 0 Å². The largest absolute Gasteiger partial charge is 0.390 e. The van der Waals surface area contributed by atoms with Crippen LogP contribution in [0.25, 0.3) is 10.9 Å². The molecule has 0 radical (unpaired) electrons. The summed E-state index contributed by atoms with van der Waals surface area (Å²) in [5.74, 6) is 0. The molecule has 0 saturated heterocycles. The standard InChI is InChI=1S/C18H24N2O/c1-3-19-10-13(21)11-20-16-8-7-12(2)9-15(16)14-5-4-6-17(19)18(14)20/h7-9,13,17,21H,3-6,10-11H2,1-2H3. The Hall–Kier alpha value is -1.32. The van der Waals surface area contributed by atoms with Crippen molar-refractivity contribution in [3.05, 3.63) is 35.0 Å². The first-order valence-corrected chi connectivity index (χ1v) is 8.22. The van der Waals surface area contributed by atoms with Gasteiger partial charge < -0.3 is 9.67 Å². The highest BCUT2D eigenvalue weighted by Gasteiger charge is 2.34. The molecule has 3 heteroatoms. The van der Waals surface area contributed by atoms with Crippen LogP contribution >= 0.6 is 0 Å². The van der Waals surface area contributed by atoms with Gasteiger partial charge in [-0.2, -0.15) is 0 Å². The molecular weight excluding hydrogens is 260 g/mol. The number of rotatable bonds is 1. The van der Waals surface area contributed by atoms with Gasteiger partial charge in [-0.3, -0.25) is 4.90 Å². The van der Waals surface area contributed by atoms with Crippen molar-refractivity contribution >= 4 is 10.9 Å². The van der Waals surface area contributed by atoms with Crippen LogP contribution in [0.4, 0.5) is 0 Å². The van der Waals surface area contributed by atoms with E-state index in [9.17, 15) is 5.11 Å². The molecule has 2 aliphatic rings. The number of aryl methyl sites for hydroxylation is 2. The minimum atomic E-state index is -0.267. The lowest BCUT2D eigenvalue weighted by molar-refractivity contribution is 0.0901. The number of hydrogen-bond acceptors (Lipinski definition) is 2. The first-order chi connectivity index (χ1) is 10.2. The van der Waals surface area contributed by atoms with E-state index in [0.717, 1.165) is 19.6 Å². The number of fused-ring (bicyclic) bond motifs is 3. The summed E-state index contributed by atoms with van der Waals surface area (Å²) in [4.78, 5) is 2.47. The van der Waals surface area contributed by atoms with Gasteiger partial charge in [-0.25, -0.2) is 0 Å². The van der Waals surface area contributed by atoms with Crippen molar-refractivity contribution in [1.82, 2.24) is 9.47 Å². The molecule has 2 aromatic rings. The van der Waals surface area contributed by atoms with Gasteiger partial charge in [-0.05, 0) is 50.4 Å². The fourth-order valence-corrected chi connectivity index (χ4v) is 4.38. The lowest BCUT2D eigenvalue weighted by Gasteiger charge is -2.33. The molecule has 21 heavy (non-hydrogen) atoms. The van der Waals surface area contributed by atoms with Crippen LogP contribution in [0.1, 0.15) is 42.6 Å². The van der Waals surface area contributed by atoms with Gasteiger partial charge >= 0.3 is 0 Å². The van der Waals surface area contributed by atoms with E-state index in [1.54, 1.807) is 0 Å². The Bertz CT molecular complexity index is 688. The molecule has 0 bridgehead atoms. The summed E-state index contributed by atoms with van der Waals surface area (Å²) in [6.45, 7) is 6.94. The van der Waals surface area contributed by atoms with E-state index in [0.29, 0.717) is 6.04 Å². The average molecular weight is 284 g/mol. The molecule has 1 aliphatic carbocycles. The maximum Gasteiger partial charge on any atom is 0.0846 e. The van der Waals surface area contributed by atoms with E-state index in [1.165, 1.54) is 47.0 Å². The smallest absolute Gasteiger partial charge is 0.0846 e. The normalized spacial score (nSPS) is 25.9. The van der Waals surface area contributed by atoms with Gasteiger partial charge in [0, 0.05) is 23.1 Å². The molecule has 0 amide bonds. The Balaban J connectivity index is 2.01. The summed E-state index contributed by atoms with van der Waals surface area (Å²) in [5, 5.41) is 11.8. The van der Waals surface area contributed by atoms with E-state index in [1.807, 2.05) is 0 Å². The quantitative estimate of drug-likeness (QED) is 0.872. The SMILES string of the molecule is CCN1CC(O)Cn2c3c(c4cc(C)ccc42)CCCC31. The molecule has 3 nitrogen and oxygen atoms in total. The van der Waals surface area contributed by atoms with Crippen molar-refractivity contribution in [2.75, 3.05) is 13.1 Å². The zero-order chi connectivity index (χ0) is 14.6. The van der Waals surface area contributed by atoms with Crippen LogP contribution in [0.2, 0.25) is 0 Å². The molecule has 1 aromatic carbocycles. The third-order valence-electron chi connectivity index (χ3n) is 5.27. The number of β-amino-alcohol motifs (C(OH)–C–C–N with tert-alkyl or cyclic N) is 1. The Morgan fingerprint density at radius 2 is 2.14 bits per heavy atom. The minimum absolute atomic E-state index is 0.267. The topological polar surface area (TPSA) is 28.4 Å². The van der Waals surface area contributed by atoms with E-state index in [-0.39, 0.29) is 6.10 Å². The number of aromatic nitrogens is 1. The Morgan fingerprint density at radius 3 is 2.95 bits per heavy atom. The highest BCUT2D eigenvalue weighted by Crippen LogP contribution is 2.42. The summed E-state index contributed by atoms with van der Waals surface area (Å²) < 4.78 is 2.41. The van der Waals surface area contributed by atoms with Crippen LogP contribution in [0.3, 0.4) is 0 Å². The van der Waals surface area contributed by atoms with E-state index >= 15 is 0 Å². The van der Waals surface area contributed by atoms with E-state index in [2.05, 4.69) is 41.5 Å². The lowest BCUT2D eigenvalue weighted by Crippen LogP contribution is -2.35.